The molecule has 1 N–H and O–H groups in total. The third kappa shape index (κ3) is 3.24. The van der Waals surface area contributed by atoms with Crippen LogP contribution in [-0.4, -0.2) is 0 Å². The lowest BCUT2D eigenvalue weighted by atomic mass is 10.1. The van der Waals surface area contributed by atoms with Gasteiger partial charge in [-0.15, -0.1) is 0 Å². The molecule has 0 radical (unpaired) electrons. The summed E-state index contributed by atoms with van der Waals surface area (Å²) in [7, 11) is 0. The van der Waals surface area contributed by atoms with Crippen molar-refractivity contribution in [3.05, 3.63) is 63.9 Å². The molecule has 96 valence electrons. The van der Waals surface area contributed by atoms with Gasteiger partial charge in [0.1, 0.15) is 5.82 Å². The number of hydrogen-bond donors (Lipinski definition) is 1. The Morgan fingerprint density at radius 2 is 2.05 bits per heavy atom. The number of nitriles is 1. The van der Waals surface area contributed by atoms with Gasteiger partial charge in [-0.25, -0.2) is 4.39 Å². The standard InChI is InChI=1S/C15H12ClFN2/c1-10-6-13(17)4-3-12(10)9-19-15-5-2-11(8-18)7-14(15)16/h2-7,19H,9H2,1H3. The van der Waals surface area contributed by atoms with Crippen LogP contribution in [0.4, 0.5) is 10.1 Å². The van der Waals surface area contributed by atoms with E-state index in [0.29, 0.717) is 17.1 Å². The van der Waals surface area contributed by atoms with E-state index in [-0.39, 0.29) is 5.82 Å². The van der Waals surface area contributed by atoms with Crippen molar-refractivity contribution in [1.29, 1.82) is 5.26 Å². The van der Waals surface area contributed by atoms with Crippen LogP contribution >= 0.6 is 11.6 Å². The zero-order valence-electron chi connectivity index (χ0n) is 10.4. The number of nitrogens with zero attached hydrogens (tertiary/aromatic N) is 1. The van der Waals surface area contributed by atoms with Crippen molar-refractivity contribution < 1.29 is 4.39 Å². The molecule has 0 saturated heterocycles. The van der Waals surface area contributed by atoms with E-state index in [0.717, 1.165) is 16.8 Å². The number of anilines is 1. The molecule has 0 bridgehead atoms. The van der Waals surface area contributed by atoms with Gasteiger partial charge in [-0.3, -0.25) is 0 Å². The lowest BCUT2D eigenvalue weighted by Gasteiger charge is -2.10. The number of hydrogen-bond acceptors (Lipinski definition) is 2. The monoisotopic (exact) mass is 274 g/mol. The number of nitrogens with one attached hydrogen (secondary N) is 1. The van der Waals surface area contributed by atoms with Crippen molar-refractivity contribution in [2.45, 2.75) is 13.5 Å². The van der Waals surface area contributed by atoms with E-state index in [4.69, 9.17) is 16.9 Å². The van der Waals surface area contributed by atoms with E-state index >= 15 is 0 Å². The smallest absolute Gasteiger partial charge is 0.123 e. The zero-order chi connectivity index (χ0) is 13.8. The fraction of sp³-hybridized carbons (Fsp3) is 0.133. The zero-order valence-corrected chi connectivity index (χ0v) is 11.1. The van der Waals surface area contributed by atoms with E-state index in [1.807, 2.05) is 13.0 Å². The maximum absolute atomic E-state index is 13.0. The SMILES string of the molecule is Cc1cc(F)ccc1CNc1ccc(C#N)cc1Cl. The normalized spacial score (nSPS) is 10.0. The molecule has 2 rings (SSSR count). The van der Waals surface area contributed by atoms with E-state index < -0.39 is 0 Å². The summed E-state index contributed by atoms with van der Waals surface area (Å²) in [6.45, 7) is 2.41. The molecule has 2 nitrogen and oxygen atoms in total. The topological polar surface area (TPSA) is 35.8 Å². The molecular weight excluding hydrogens is 263 g/mol. The lowest BCUT2D eigenvalue weighted by molar-refractivity contribution is 0.625. The highest BCUT2D eigenvalue weighted by molar-refractivity contribution is 6.33. The number of halogens is 2. The molecule has 0 spiro atoms. The van der Waals surface area contributed by atoms with Gasteiger partial charge in [-0.1, -0.05) is 17.7 Å². The molecule has 0 aliphatic rings. The molecule has 0 aliphatic heterocycles. The Morgan fingerprint density at radius 1 is 1.26 bits per heavy atom. The second kappa shape index (κ2) is 5.73. The summed E-state index contributed by atoms with van der Waals surface area (Å²) in [6, 6.07) is 11.8. The van der Waals surface area contributed by atoms with E-state index in [2.05, 4.69) is 5.32 Å². The van der Waals surface area contributed by atoms with Crippen LogP contribution in [0.15, 0.2) is 36.4 Å². The highest BCUT2D eigenvalue weighted by Crippen LogP contribution is 2.23. The van der Waals surface area contributed by atoms with Crippen LogP contribution in [0.25, 0.3) is 0 Å². The van der Waals surface area contributed by atoms with Crippen LogP contribution in [0.1, 0.15) is 16.7 Å². The van der Waals surface area contributed by atoms with Crippen LogP contribution in [-0.2, 0) is 6.54 Å². The fourth-order valence-electron chi connectivity index (χ4n) is 1.78. The summed E-state index contributed by atoms with van der Waals surface area (Å²) in [5.74, 6) is -0.238. The number of benzene rings is 2. The Bertz CT molecular complexity index is 647. The van der Waals surface area contributed by atoms with Gasteiger partial charge in [0.05, 0.1) is 22.3 Å². The Hall–Kier alpha value is -2.05. The van der Waals surface area contributed by atoms with Crippen LogP contribution in [0.2, 0.25) is 5.02 Å². The van der Waals surface area contributed by atoms with Gasteiger partial charge >= 0.3 is 0 Å². The first kappa shape index (κ1) is 13.4. The van der Waals surface area contributed by atoms with Crippen molar-refractivity contribution in [2.75, 3.05) is 5.32 Å². The second-order valence-corrected chi connectivity index (χ2v) is 4.64. The molecule has 0 amide bonds. The molecule has 0 unspecified atom stereocenters. The van der Waals surface area contributed by atoms with Crippen molar-refractivity contribution >= 4 is 17.3 Å². The lowest BCUT2D eigenvalue weighted by Crippen LogP contribution is -2.02. The minimum absolute atomic E-state index is 0.238. The van der Waals surface area contributed by atoms with E-state index in [1.54, 1.807) is 24.3 Å². The molecule has 2 aromatic carbocycles. The van der Waals surface area contributed by atoms with Crippen LogP contribution in [0, 0.1) is 24.1 Å². The van der Waals surface area contributed by atoms with Crippen LogP contribution < -0.4 is 5.32 Å². The predicted octanol–water partition coefficient (Wildman–Crippen LogP) is 4.27. The number of rotatable bonds is 3. The van der Waals surface area contributed by atoms with Crippen molar-refractivity contribution in [3.63, 3.8) is 0 Å². The van der Waals surface area contributed by atoms with Crippen molar-refractivity contribution in [2.24, 2.45) is 0 Å². The molecule has 19 heavy (non-hydrogen) atoms. The minimum Gasteiger partial charge on any atom is -0.380 e. The first-order valence-corrected chi connectivity index (χ1v) is 6.16. The average molecular weight is 275 g/mol. The highest BCUT2D eigenvalue weighted by Gasteiger charge is 2.04. The molecule has 0 atom stereocenters. The maximum Gasteiger partial charge on any atom is 0.123 e. The summed E-state index contributed by atoms with van der Waals surface area (Å²) in [4.78, 5) is 0. The highest BCUT2D eigenvalue weighted by atomic mass is 35.5. The van der Waals surface area contributed by atoms with Crippen molar-refractivity contribution in [3.8, 4) is 6.07 Å². The van der Waals surface area contributed by atoms with Gasteiger partial charge in [0.25, 0.3) is 0 Å². The summed E-state index contributed by atoms with van der Waals surface area (Å²) in [6.07, 6.45) is 0. The molecule has 0 heterocycles. The van der Waals surface area contributed by atoms with Gasteiger partial charge < -0.3 is 5.32 Å². The van der Waals surface area contributed by atoms with Gasteiger partial charge in [0.15, 0.2) is 0 Å². The molecule has 0 aromatic heterocycles. The predicted molar refractivity (Wildman–Crippen MR) is 74.6 cm³/mol. The third-order valence-electron chi connectivity index (χ3n) is 2.87. The van der Waals surface area contributed by atoms with Crippen LogP contribution in [0.3, 0.4) is 0 Å². The number of aryl methyl sites for hydroxylation is 1. The Labute approximate surface area is 116 Å². The quantitative estimate of drug-likeness (QED) is 0.907. The van der Waals surface area contributed by atoms with E-state index in [1.165, 1.54) is 12.1 Å². The Morgan fingerprint density at radius 3 is 2.68 bits per heavy atom. The Balaban J connectivity index is 2.13. The van der Waals surface area contributed by atoms with Crippen molar-refractivity contribution in [1.82, 2.24) is 0 Å². The molecule has 4 heteroatoms. The Kier molecular flexibility index (Phi) is 4.03. The van der Waals surface area contributed by atoms with E-state index in [9.17, 15) is 4.39 Å². The molecule has 2 aromatic rings. The van der Waals surface area contributed by atoms with Gasteiger partial charge in [-0.2, -0.15) is 5.26 Å². The largest absolute Gasteiger partial charge is 0.380 e. The molecule has 0 fully saturated rings. The maximum atomic E-state index is 13.0. The van der Waals surface area contributed by atoms with Gasteiger partial charge in [-0.05, 0) is 48.4 Å². The third-order valence-corrected chi connectivity index (χ3v) is 3.18. The summed E-state index contributed by atoms with van der Waals surface area (Å²) >= 11 is 6.07. The second-order valence-electron chi connectivity index (χ2n) is 4.23. The fourth-order valence-corrected chi connectivity index (χ4v) is 2.02. The summed E-state index contributed by atoms with van der Waals surface area (Å²) in [5.41, 5.74) is 3.16. The molecular formula is C15H12ClFN2. The van der Waals surface area contributed by atoms with Crippen LogP contribution in [0.5, 0.6) is 0 Å². The first-order chi connectivity index (χ1) is 9.10. The summed E-state index contributed by atoms with van der Waals surface area (Å²) < 4.78 is 13.0. The molecule has 0 aliphatic carbocycles. The van der Waals surface area contributed by atoms with Gasteiger partial charge in [0, 0.05) is 6.54 Å². The summed E-state index contributed by atoms with van der Waals surface area (Å²) in [5, 5.41) is 12.4. The van der Waals surface area contributed by atoms with Gasteiger partial charge in [0.2, 0.25) is 0 Å². The molecule has 0 saturated carbocycles. The first-order valence-electron chi connectivity index (χ1n) is 5.78. The minimum atomic E-state index is -0.238. The average Bonchev–Trinajstić information content (AvgIpc) is 2.39.